The quantitative estimate of drug-likeness (QED) is 0.274. The average Bonchev–Trinajstić information content (AvgIpc) is 2.87. The van der Waals surface area contributed by atoms with Gasteiger partial charge in [-0.2, -0.15) is 0 Å². The first kappa shape index (κ1) is 32.7. The third kappa shape index (κ3) is 14.1. The van der Waals surface area contributed by atoms with E-state index in [-0.39, 0.29) is 77.9 Å². The first-order valence-corrected chi connectivity index (χ1v) is 9.00. The monoisotopic (exact) mass is 438 g/mol. The Morgan fingerprint density at radius 3 is 1.67 bits per heavy atom. The SMILES string of the molecule is CC1CC(=O)N(C)C1=O.CNC(=O)CC(C)C(=O)[O-].CNC(=O)CC(C)C(N)=O.[Na+]. The van der Waals surface area contributed by atoms with Gasteiger partial charge in [0.25, 0.3) is 0 Å². The van der Waals surface area contributed by atoms with Gasteiger partial charge in [0.2, 0.25) is 29.5 Å². The first-order valence-electron chi connectivity index (χ1n) is 9.00. The van der Waals surface area contributed by atoms with Crippen molar-refractivity contribution in [1.29, 1.82) is 0 Å². The number of carboxylic acids is 1. The molecule has 3 atom stereocenters. The second-order valence-electron chi connectivity index (χ2n) is 6.67. The molecule has 4 N–H and O–H groups in total. The summed E-state index contributed by atoms with van der Waals surface area (Å²) in [6.07, 6.45) is 0.542. The molecule has 5 amide bonds. The standard InChI is InChI=1S/C6H12N2O2.C6H11NO3.C6H9NO2.Na/c1-4(6(7)10)3-5(9)8-2;1-4(6(9)10)3-5(8)7-2;1-4-3-5(8)7(2)6(4)9;/h4H,3H2,1-2H3,(H2,7,10)(H,8,9);4H,3H2,1-2H3,(H,7,8)(H,9,10);4H,3H2,1-2H3;/q;;;+1/p-1. The minimum Gasteiger partial charge on any atom is -0.550 e. The molecule has 3 unspecified atom stereocenters. The maximum atomic E-state index is 10.8. The Morgan fingerprint density at radius 2 is 1.47 bits per heavy atom. The van der Waals surface area contributed by atoms with Crippen LogP contribution in [0.25, 0.3) is 0 Å². The van der Waals surface area contributed by atoms with Gasteiger partial charge in [-0.05, 0) is 0 Å². The molecule has 0 radical (unpaired) electrons. The number of carboxylic acid groups (broad SMARTS) is 1. The van der Waals surface area contributed by atoms with Gasteiger partial charge < -0.3 is 26.3 Å². The van der Waals surface area contributed by atoms with Crippen LogP contribution in [0, 0.1) is 17.8 Å². The van der Waals surface area contributed by atoms with Crippen molar-refractivity contribution < 1.29 is 63.4 Å². The predicted molar refractivity (Wildman–Crippen MR) is 101 cm³/mol. The third-order valence-electron chi connectivity index (χ3n) is 4.04. The van der Waals surface area contributed by atoms with Crippen LogP contribution in [-0.4, -0.2) is 61.5 Å². The van der Waals surface area contributed by atoms with E-state index in [1.54, 1.807) is 13.8 Å². The Kier molecular flexibility index (Phi) is 18.3. The van der Waals surface area contributed by atoms with E-state index in [2.05, 4.69) is 10.6 Å². The summed E-state index contributed by atoms with van der Waals surface area (Å²) in [6, 6.07) is 0. The number of hydrogen-bond donors (Lipinski definition) is 3. The summed E-state index contributed by atoms with van der Waals surface area (Å²) in [4.78, 5) is 64.3. The zero-order chi connectivity index (χ0) is 23.3. The van der Waals surface area contributed by atoms with Crippen molar-refractivity contribution in [3.8, 4) is 0 Å². The van der Waals surface area contributed by atoms with Gasteiger partial charge in [0.15, 0.2) is 0 Å². The molecule has 166 valence electrons. The van der Waals surface area contributed by atoms with Gasteiger partial charge in [-0.3, -0.25) is 28.9 Å². The van der Waals surface area contributed by atoms with E-state index in [9.17, 15) is 33.9 Å². The molecule has 1 saturated heterocycles. The Balaban J connectivity index is -0.000000359. The average molecular weight is 438 g/mol. The Bertz CT molecular complexity index is 594. The summed E-state index contributed by atoms with van der Waals surface area (Å²) >= 11 is 0. The van der Waals surface area contributed by atoms with Crippen LogP contribution in [0.1, 0.15) is 40.0 Å². The number of nitrogens with one attached hydrogen (secondary N) is 2. The minimum atomic E-state index is -1.19. The van der Waals surface area contributed by atoms with E-state index in [1.807, 2.05) is 0 Å². The van der Waals surface area contributed by atoms with Crippen molar-refractivity contribution in [2.24, 2.45) is 23.5 Å². The molecule has 0 aromatic rings. The van der Waals surface area contributed by atoms with Gasteiger partial charge in [0.05, 0.1) is 0 Å². The number of aliphatic carboxylic acids is 1. The summed E-state index contributed by atoms with van der Waals surface area (Å²) in [5.74, 6) is -3.37. The molecule has 0 bridgehead atoms. The molecular weight excluding hydrogens is 407 g/mol. The summed E-state index contributed by atoms with van der Waals surface area (Å²) in [6.45, 7) is 4.83. The fourth-order valence-electron chi connectivity index (χ4n) is 1.88. The number of nitrogens with two attached hydrogens (primary N) is 1. The summed E-state index contributed by atoms with van der Waals surface area (Å²) in [5, 5.41) is 14.8. The molecule has 0 aromatic carbocycles. The minimum absolute atomic E-state index is 0. The molecule has 1 fully saturated rings. The maximum Gasteiger partial charge on any atom is 1.00 e. The van der Waals surface area contributed by atoms with Gasteiger partial charge in [0.1, 0.15) is 0 Å². The van der Waals surface area contributed by atoms with E-state index < -0.39 is 17.8 Å². The van der Waals surface area contributed by atoms with Crippen LogP contribution in [0.15, 0.2) is 0 Å². The Morgan fingerprint density at radius 1 is 1.07 bits per heavy atom. The van der Waals surface area contributed by atoms with Crippen molar-refractivity contribution in [2.45, 2.75) is 40.0 Å². The smallest absolute Gasteiger partial charge is 0.550 e. The van der Waals surface area contributed by atoms with Crippen LogP contribution in [0.4, 0.5) is 0 Å². The van der Waals surface area contributed by atoms with Gasteiger partial charge in [-0.25, -0.2) is 0 Å². The van der Waals surface area contributed by atoms with Crippen LogP contribution < -0.4 is 51.0 Å². The zero-order valence-electron chi connectivity index (χ0n) is 18.7. The number of likely N-dealkylation sites (tertiary alicyclic amines) is 1. The number of amides is 5. The van der Waals surface area contributed by atoms with Crippen molar-refractivity contribution in [2.75, 3.05) is 21.1 Å². The molecule has 0 spiro atoms. The number of carbonyl (C=O) groups is 6. The number of carbonyl (C=O) groups excluding carboxylic acids is 6. The van der Waals surface area contributed by atoms with Gasteiger partial charge in [0, 0.05) is 64.1 Å². The summed E-state index contributed by atoms with van der Waals surface area (Å²) in [7, 11) is 4.51. The van der Waals surface area contributed by atoms with Gasteiger partial charge in [-0.15, -0.1) is 0 Å². The molecule has 11 nitrogen and oxygen atoms in total. The maximum absolute atomic E-state index is 10.8. The van der Waals surface area contributed by atoms with Gasteiger partial charge >= 0.3 is 29.6 Å². The van der Waals surface area contributed by atoms with Crippen molar-refractivity contribution in [3.05, 3.63) is 0 Å². The van der Waals surface area contributed by atoms with Crippen molar-refractivity contribution in [3.63, 3.8) is 0 Å². The predicted octanol–water partition coefficient (Wildman–Crippen LogP) is -5.23. The van der Waals surface area contributed by atoms with Crippen molar-refractivity contribution >= 4 is 35.5 Å². The second kappa shape index (κ2) is 16.8. The second-order valence-corrected chi connectivity index (χ2v) is 6.67. The third-order valence-corrected chi connectivity index (χ3v) is 4.04. The van der Waals surface area contributed by atoms with E-state index in [0.717, 1.165) is 0 Å². The number of nitrogens with zero attached hydrogens (tertiary/aromatic N) is 1. The molecule has 1 aliphatic rings. The van der Waals surface area contributed by atoms with Crippen LogP contribution in [0.5, 0.6) is 0 Å². The molecule has 1 rings (SSSR count). The van der Waals surface area contributed by atoms with E-state index >= 15 is 0 Å². The Labute approximate surface area is 198 Å². The fraction of sp³-hybridized carbons (Fsp3) is 0.667. The van der Waals surface area contributed by atoms with Crippen LogP contribution >= 0.6 is 0 Å². The molecule has 0 aromatic heterocycles. The van der Waals surface area contributed by atoms with E-state index in [4.69, 9.17) is 5.73 Å². The largest absolute Gasteiger partial charge is 1.00 e. The van der Waals surface area contributed by atoms with Crippen LogP contribution in [-0.2, 0) is 28.8 Å². The molecule has 1 heterocycles. The fourth-order valence-corrected chi connectivity index (χ4v) is 1.88. The van der Waals surface area contributed by atoms with Crippen molar-refractivity contribution in [1.82, 2.24) is 15.5 Å². The molecule has 12 heteroatoms. The topological polar surface area (TPSA) is 179 Å². The summed E-state index contributed by atoms with van der Waals surface area (Å²) < 4.78 is 0. The van der Waals surface area contributed by atoms with Crippen LogP contribution in [0.2, 0.25) is 0 Å². The van der Waals surface area contributed by atoms with Crippen LogP contribution in [0.3, 0.4) is 0 Å². The molecule has 30 heavy (non-hydrogen) atoms. The number of primary amides is 1. The van der Waals surface area contributed by atoms with Gasteiger partial charge in [-0.1, -0.05) is 20.8 Å². The zero-order valence-corrected chi connectivity index (χ0v) is 20.7. The number of hydrogen-bond acceptors (Lipinski definition) is 7. The van der Waals surface area contributed by atoms with E-state index in [1.165, 1.54) is 33.0 Å². The molecular formula is C18H31N4NaO7. The molecule has 0 aliphatic carbocycles. The Hall–Kier alpha value is -1.98. The van der Waals surface area contributed by atoms with E-state index in [0.29, 0.717) is 6.42 Å². The number of rotatable bonds is 6. The molecule has 0 saturated carbocycles. The first-order chi connectivity index (χ1) is 13.3. The summed E-state index contributed by atoms with van der Waals surface area (Å²) in [5.41, 5.74) is 4.92. The molecule has 1 aliphatic heterocycles. The normalized spacial score (nSPS) is 16.5. The number of imide groups is 1.